The molecule has 132 valence electrons. The first-order valence-corrected chi connectivity index (χ1v) is 8.69. The molecule has 25 heavy (non-hydrogen) atoms. The molecule has 1 heterocycles. The summed E-state index contributed by atoms with van der Waals surface area (Å²) in [5.41, 5.74) is 3.21. The Labute approximate surface area is 148 Å². The number of benzene rings is 2. The van der Waals surface area contributed by atoms with E-state index >= 15 is 0 Å². The van der Waals surface area contributed by atoms with Crippen molar-refractivity contribution >= 4 is 11.6 Å². The maximum Gasteiger partial charge on any atom is 0.282 e. The normalized spacial score (nSPS) is 14.8. The highest BCUT2D eigenvalue weighted by Crippen LogP contribution is 2.34. The number of carbonyl (C=O) groups is 1. The molecule has 1 amide bonds. The van der Waals surface area contributed by atoms with Crippen LogP contribution in [0.15, 0.2) is 42.5 Å². The standard InChI is InChI=1S/C20H24N2O3/c1-4-17(15-7-5-13(2)6-8-15)21-14(3)20(23)22-16-9-10-18-19(11-16)25-12-24-18/h5-11,14,17,21H,4,12H2,1-3H3,(H,22,23)/p+1/t14-,17-/m1/s1. The van der Waals surface area contributed by atoms with Gasteiger partial charge in [-0.1, -0.05) is 36.8 Å². The Hall–Kier alpha value is -2.53. The number of quaternary nitrogens is 1. The zero-order valence-electron chi connectivity index (χ0n) is 14.9. The average Bonchev–Trinajstić information content (AvgIpc) is 3.08. The van der Waals surface area contributed by atoms with Gasteiger partial charge >= 0.3 is 0 Å². The molecule has 5 nitrogen and oxygen atoms in total. The number of amides is 1. The Kier molecular flexibility index (Phi) is 5.24. The molecule has 3 rings (SSSR count). The minimum absolute atomic E-state index is 0.0237. The Morgan fingerprint density at radius 2 is 1.88 bits per heavy atom. The maximum absolute atomic E-state index is 12.5. The summed E-state index contributed by atoms with van der Waals surface area (Å²) in [5, 5.41) is 5.07. The zero-order chi connectivity index (χ0) is 17.8. The predicted molar refractivity (Wildman–Crippen MR) is 96.8 cm³/mol. The molecule has 3 N–H and O–H groups in total. The largest absolute Gasteiger partial charge is 0.454 e. The third-order valence-corrected chi connectivity index (χ3v) is 4.52. The first kappa shape index (κ1) is 17.3. The highest BCUT2D eigenvalue weighted by Gasteiger charge is 2.23. The van der Waals surface area contributed by atoms with Gasteiger partial charge in [0, 0.05) is 23.7 Å². The van der Waals surface area contributed by atoms with E-state index in [-0.39, 0.29) is 24.8 Å². The van der Waals surface area contributed by atoms with Crippen LogP contribution in [0.25, 0.3) is 0 Å². The van der Waals surface area contributed by atoms with E-state index in [9.17, 15) is 4.79 Å². The smallest absolute Gasteiger partial charge is 0.282 e. The fourth-order valence-electron chi connectivity index (χ4n) is 2.96. The number of rotatable bonds is 6. The molecule has 5 heteroatoms. The molecule has 0 fully saturated rings. The van der Waals surface area contributed by atoms with Crippen LogP contribution in [0.2, 0.25) is 0 Å². The summed E-state index contributed by atoms with van der Waals surface area (Å²) in [6, 6.07) is 14.0. The van der Waals surface area contributed by atoms with E-state index in [1.165, 1.54) is 11.1 Å². The summed E-state index contributed by atoms with van der Waals surface area (Å²) in [6.07, 6.45) is 0.963. The van der Waals surface area contributed by atoms with Crippen molar-refractivity contribution in [2.75, 3.05) is 12.1 Å². The minimum atomic E-state index is -0.198. The van der Waals surface area contributed by atoms with E-state index in [0.29, 0.717) is 11.5 Å². The van der Waals surface area contributed by atoms with E-state index in [1.54, 1.807) is 6.07 Å². The van der Waals surface area contributed by atoms with Crippen molar-refractivity contribution in [2.24, 2.45) is 0 Å². The van der Waals surface area contributed by atoms with Crippen molar-refractivity contribution in [1.82, 2.24) is 0 Å². The van der Waals surface area contributed by atoms with Crippen molar-refractivity contribution in [3.8, 4) is 11.5 Å². The van der Waals surface area contributed by atoms with Crippen molar-refractivity contribution in [2.45, 2.75) is 39.3 Å². The number of hydrogen-bond acceptors (Lipinski definition) is 3. The van der Waals surface area contributed by atoms with Crippen LogP contribution < -0.4 is 20.1 Å². The van der Waals surface area contributed by atoms with Gasteiger partial charge in [0.05, 0.1) is 0 Å². The van der Waals surface area contributed by atoms with Gasteiger partial charge in [0.15, 0.2) is 17.5 Å². The van der Waals surface area contributed by atoms with E-state index in [1.807, 2.05) is 19.1 Å². The van der Waals surface area contributed by atoms with Crippen LogP contribution in [0.4, 0.5) is 5.69 Å². The highest BCUT2D eigenvalue weighted by atomic mass is 16.7. The summed E-state index contributed by atoms with van der Waals surface area (Å²) < 4.78 is 10.6. The fraction of sp³-hybridized carbons (Fsp3) is 0.350. The lowest BCUT2D eigenvalue weighted by molar-refractivity contribution is -0.713. The first-order valence-electron chi connectivity index (χ1n) is 8.69. The molecule has 0 aliphatic carbocycles. The van der Waals surface area contributed by atoms with Gasteiger partial charge in [0.1, 0.15) is 6.04 Å². The molecule has 2 aromatic rings. The molecular formula is C20H25N2O3+. The average molecular weight is 341 g/mol. The summed E-state index contributed by atoms with van der Waals surface area (Å²) in [7, 11) is 0. The molecule has 2 aromatic carbocycles. The Bertz CT molecular complexity index is 743. The number of nitrogens with two attached hydrogens (primary N) is 1. The van der Waals surface area contributed by atoms with E-state index in [0.717, 1.165) is 12.1 Å². The van der Waals surface area contributed by atoms with Crippen LogP contribution in [-0.2, 0) is 4.79 Å². The van der Waals surface area contributed by atoms with E-state index in [2.05, 4.69) is 48.7 Å². The number of ether oxygens (including phenoxy) is 2. The van der Waals surface area contributed by atoms with Crippen molar-refractivity contribution in [1.29, 1.82) is 0 Å². The molecule has 0 aromatic heterocycles. The van der Waals surface area contributed by atoms with Crippen molar-refractivity contribution in [3.63, 3.8) is 0 Å². The van der Waals surface area contributed by atoms with Gasteiger partial charge in [0.2, 0.25) is 6.79 Å². The van der Waals surface area contributed by atoms with Crippen molar-refractivity contribution < 1.29 is 19.6 Å². The highest BCUT2D eigenvalue weighted by molar-refractivity contribution is 5.93. The third-order valence-electron chi connectivity index (χ3n) is 4.52. The second kappa shape index (κ2) is 7.57. The van der Waals surface area contributed by atoms with Crippen molar-refractivity contribution in [3.05, 3.63) is 53.6 Å². The Balaban J connectivity index is 1.62. The van der Waals surface area contributed by atoms with Gasteiger partial charge < -0.3 is 20.1 Å². The number of hydrogen-bond donors (Lipinski definition) is 2. The van der Waals surface area contributed by atoms with Crippen LogP contribution in [0, 0.1) is 6.92 Å². The molecule has 0 unspecified atom stereocenters. The molecular weight excluding hydrogens is 316 g/mol. The molecule has 1 aliphatic heterocycles. The monoisotopic (exact) mass is 341 g/mol. The topological polar surface area (TPSA) is 64.2 Å². The Morgan fingerprint density at radius 3 is 2.60 bits per heavy atom. The molecule has 0 saturated heterocycles. The fourth-order valence-corrected chi connectivity index (χ4v) is 2.96. The zero-order valence-corrected chi connectivity index (χ0v) is 14.9. The minimum Gasteiger partial charge on any atom is -0.454 e. The van der Waals surface area contributed by atoms with Gasteiger partial charge in [-0.05, 0) is 26.0 Å². The van der Waals surface area contributed by atoms with Gasteiger partial charge in [-0.2, -0.15) is 0 Å². The summed E-state index contributed by atoms with van der Waals surface area (Å²) in [6.45, 7) is 6.38. The third kappa shape index (κ3) is 4.12. The first-order chi connectivity index (χ1) is 12.1. The molecule has 1 aliphatic rings. The SMILES string of the molecule is CC[C@@H]([NH2+][C@H](C)C(=O)Nc1ccc2c(c1)OCO2)c1ccc(C)cc1. The van der Waals surface area contributed by atoms with E-state index in [4.69, 9.17) is 9.47 Å². The number of nitrogens with one attached hydrogen (secondary N) is 1. The molecule has 0 bridgehead atoms. The molecule has 0 radical (unpaired) electrons. The van der Waals surface area contributed by atoms with Crippen LogP contribution >= 0.6 is 0 Å². The number of anilines is 1. The number of fused-ring (bicyclic) bond motifs is 1. The van der Waals surface area contributed by atoms with E-state index < -0.39 is 0 Å². The summed E-state index contributed by atoms with van der Waals surface area (Å²) >= 11 is 0. The second-order valence-electron chi connectivity index (χ2n) is 6.46. The van der Waals surface area contributed by atoms with Crippen LogP contribution in [0.5, 0.6) is 11.5 Å². The lowest BCUT2D eigenvalue weighted by atomic mass is 10.0. The quantitative estimate of drug-likeness (QED) is 0.849. The molecule has 0 spiro atoms. The number of carbonyl (C=O) groups excluding carboxylic acids is 1. The summed E-state index contributed by atoms with van der Waals surface area (Å²) in [4.78, 5) is 12.5. The van der Waals surface area contributed by atoms with Gasteiger partial charge in [0.25, 0.3) is 5.91 Å². The van der Waals surface area contributed by atoms with Crippen LogP contribution in [0.3, 0.4) is 0 Å². The predicted octanol–water partition coefficient (Wildman–Crippen LogP) is 2.77. The van der Waals surface area contributed by atoms with Gasteiger partial charge in [-0.25, -0.2) is 0 Å². The number of aryl methyl sites for hydroxylation is 1. The lowest BCUT2D eigenvalue weighted by Gasteiger charge is -2.19. The Morgan fingerprint density at radius 1 is 1.16 bits per heavy atom. The molecule has 0 saturated carbocycles. The lowest BCUT2D eigenvalue weighted by Crippen LogP contribution is -2.92. The van der Waals surface area contributed by atoms with Crippen LogP contribution in [-0.4, -0.2) is 18.7 Å². The molecule has 2 atom stereocenters. The second-order valence-corrected chi connectivity index (χ2v) is 6.46. The maximum atomic E-state index is 12.5. The summed E-state index contributed by atoms with van der Waals surface area (Å²) in [5.74, 6) is 1.35. The van der Waals surface area contributed by atoms with Crippen LogP contribution in [0.1, 0.15) is 37.4 Å². The van der Waals surface area contributed by atoms with Gasteiger partial charge in [-0.3, -0.25) is 4.79 Å². The van der Waals surface area contributed by atoms with Gasteiger partial charge in [-0.15, -0.1) is 0 Å².